The van der Waals surface area contributed by atoms with Gasteiger partial charge in [-0.1, -0.05) is 67.0 Å². The van der Waals surface area contributed by atoms with Crippen LogP contribution >= 0.6 is 0 Å². The summed E-state index contributed by atoms with van der Waals surface area (Å²) >= 11 is 0. The first-order valence-electron chi connectivity index (χ1n) is 7.95. The van der Waals surface area contributed by atoms with E-state index in [1.54, 1.807) is 6.08 Å². The van der Waals surface area contributed by atoms with Crippen LogP contribution in [0.2, 0.25) is 0 Å². The third-order valence-electron chi connectivity index (χ3n) is 4.12. The van der Waals surface area contributed by atoms with Gasteiger partial charge in [0.05, 0.1) is 12.7 Å². The molecule has 0 bridgehead atoms. The lowest BCUT2D eigenvalue weighted by Gasteiger charge is -2.35. The van der Waals surface area contributed by atoms with Crippen LogP contribution in [0.4, 0.5) is 0 Å². The molecule has 1 aliphatic carbocycles. The Hall–Kier alpha value is -1.38. The van der Waals surface area contributed by atoms with Crippen LogP contribution < -0.4 is 0 Å². The van der Waals surface area contributed by atoms with Gasteiger partial charge in [0.2, 0.25) is 0 Å². The number of rotatable bonds is 5. The molecule has 0 radical (unpaired) electrons. The Morgan fingerprint density at radius 1 is 1.23 bits per heavy atom. The molecule has 0 spiro atoms. The molecule has 2 nitrogen and oxygen atoms in total. The fourth-order valence-electron chi connectivity index (χ4n) is 3.01. The molecule has 0 aliphatic heterocycles. The molecule has 2 N–H and O–H groups in total. The van der Waals surface area contributed by atoms with E-state index in [1.165, 1.54) is 16.7 Å². The van der Waals surface area contributed by atoms with E-state index in [0.717, 1.165) is 18.4 Å². The van der Waals surface area contributed by atoms with E-state index in [9.17, 15) is 5.11 Å². The summed E-state index contributed by atoms with van der Waals surface area (Å²) < 4.78 is 0. The first-order chi connectivity index (χ1) is 10.3. The van der Waals surface area contributed by atoms with Crippen LogP contribution in [0.1, 0.15) is 47.5 Å². The minimum absolute atomic E-state index is 0.0226. The first-order valence-corrected chi connectivity index (χ1v) is 7.95. The Morgan fingerprint density at radius 3 is 2.50 bits per heavy atom. The predicted molar refractivity (Wildman–Crippen MR) is 94.6 cm³/mol. The van der Waals surface area contributed by atoms with E-state index < -0.39 is 0 Å². The summed E-state index contributed by atoms with van der Waals surface area (Å²) in [6.45, 7) is 10.6. The summed E-state index contributed by atoms with van der Waals surface area (Å²) in [5.74, 6) is 0. The molecule has 1 aliphatic rings. The molecule has 122 valence electrons. The number of hydrogen-bond donors (Lipinski definition) is 2. The second kappa shape index (κ2) is 8.30. The zero-order valence-corrected chi connectivity index (χ0v) is 14.6. The van der Waals surface area contributed by atoms with Gasteiger partial charge in [-0.3, -0.25) is 0 Å². The van der Waals surface area contributed by atoms with Gasteiger partial charge in [0.1, 0.15) is 0 Å². The third-order valence-corrected chi connectivity index (χ3v) is 4.12. The van der Waals surface area contributed by atoms with Gasteiger partial charge in [-0.2, -0.15) is 0 Å². The SMILES string of the molecule is CC1=C(/C=C/C(C)=C/C=C\C(C)=C\CO)C(C)(C)C[C@@H](O)C1. The molecule has 0 aromatic carbocycles. The molecular weight excluding hydrogens is 272 g/mol. The molecule has 22 heavy (non-hydrogen) atoms. The van der Waals surface area contributed by atoms with E-state index >= 15 is 0 Å². The standard InChI is InChI=1S/C20H30O2/c1-15(7-6-8-16(2)11-12-21)9-10-19-17(3)13-18(22)14-20(19,4)5/h6-11,18,21-22H,12-14H2,1-5H3/b8-6-,10-9+,15-7+,16-11+/t18-/m0/s1. The van der Waals surface area contributed by atoms with Crippen LogP contribution in [0.5, 0.6) is 0 Å². The van der Waals surface area contributed by atoms with E-state index in [-0.39, 0.29) is 18.1 Å². The predicted octanol–water partition coefficient (Wildman–Crippen LogP) is 4.48. The van der Waals surface area contributed by atoms with Gasteiger partial charge in [0.15, 0.2) is 0 Å². The van der Waals surface area contributed by atoms with E-state index in [2.05, 4.69) is 45.9 Å². The van der Waals surface area contributed by atoms with Crippen molar-refractivity contribution in [3.8, 4) is 0 Å². The van der Waals surface area contributed by atoms with Gasteiger partial charge in [-0.15, -0.1) is 0 Å². The molecule has 0 saturated carbocycles. The van der Waals surface area contributed by atoms with Crippen molar-refractivity contribution in [2.45, 2.75) is 53.6 Å². The van der Waals surface area contributed by atoms with Gasteiger partial charge in [-0.25, -0.2) is 0 Å². The summed E-state index contributed by atoms with van der Waals surface area (Å²) in [6, 6.07) is 0. The van der Waals surface area contributed by atoms with Crippen LogP contribution in [-0.2, 0) is 0 Å². The zero-order valence-electron chi connectivity index (χ0n) is 14.6. The third kappa shape index (κ3) is 5.78. The van der Waals surface area contributed by atoms with Crippen molar-refractivity contribution in [3.63, 3.8) is 0 Å². The molecule has 0 aromatic rings. The smallest absolute Gasteiger partial charge is 0.0617 e. The monoisotopic (exact) mass is 302 g/mol. The van der Waals surface area contributed by atoms with Crippen molar-refractivity contribution in [1.29, 1.82) is 0 Å². The topological polar surface area (TPSA) is 40.5 Å². The Morgan fingerprint density at radius 2 is 1.91 bits per heavy atom. The number of aliphatic hydroxyl groups is 2. The quantitative estimate of drug-likeness (QED) is 0.735. The Balaban J connectivity index is 2.82. The highest BCUT2D eigenvalue weighted by Gasteiger charge is 2.31. The molecule has 0 unspecified atom stereocenters. The maximum absolute atomic E-state index is 9.92. The highest BCUT2D eigenvalue weighted by atomic mass is 16.3. The molecule has 1 atom stereocenters. The highest BCUT2D eigenvalue weighted by Crippen LogP contribution is 2.40. The molecule has 0 saturated heterocycles. The lowest BCUT2D eigenvalue weighted by Crippen LogP contribution is -2.28. The fourth-order valence-corrected chi connectivity index (χ4v) is 3.01. The fraction of sp³-hybridized carbons (Fsp3) is 0.500. The van der Waals surface area contributed by atoms with E-state index in [1.807, 2.05) is 19.1 Å². The second-order valence-electron chi connectivity index (χ2n) is 6.87. The van der Waals surface area contributed by atoms with E-state index in [4.69, 9.17) is 5.11 Å². The number of aliphatic hydroxyl groups excluding tert-OH is 2. The first kappa shape index (κ1) is 18.7. The normalized spacial score (nSPS) is 23.9. The Labute approximate surface area is 135 Å². The average Bonchev–Trinajstić information content (AvgIpc) is 2.36. The molecule has 0 aromatic heterocycles. The Kier molecular flexibility index (Phi) is 7.05. The summed E-state index contributed by atoms with van der Waals surface area (Å²) in [5, 5.41) is 18.7. The van der Waals surface area contributed by atoms with Crippen molar-refractivity contribution < 1.29 is 10.2 Å². The minimum Gasteiger partial charge on any atom is -0.393 e. The number of allylic oxidation sites excluding steroid dienone is 8. The van der Waals surface area contributed by atoms with Gasteiger partial charge >= 0.3 is 0 Å². The van der Waals surface area contributed by atoms with Crippen molar-refractivity contribution in [3.05, 3.63) is 58.7 Å². The van der Waals surface area contributed by atoms with Crippen molar-refractivity contribution >= 4 is 0 Å². The number of hydrogen-bond acceptors (Lipinski definition) is 2. The van der Waals surface area contributed by atoms with E-state index in [0.29, 0.717) is 0 Å². The summed E-state index contributed by atoms with van der Waals surface area (Å²) in [7, 11) is 0. The van der Waals surface area contributed by atoms with Gasteiger partial charge < -0.3 is 10.2 Å². The van der Waals surface area contributed by atoms with Crippen molar-refractivity contribution in [1.82, 2.24) is 0 Å². The summed E-state index contributed by atoms with van der Waals surface area (Å²) in [5.41, 5.74) is 4.87. The largest absolute Gasteiger partial charge is 0.393 e. The lowest BCUT2D eigenvalue weighted by atomic mass is 9.71. The van der Waals surface area contributed by atoms with Crippen LogP contribution in [0.15, 0.2) is 58.7 Å². The maximum Gasteiger partial charge on any atom is 0.0617 e. The molecular formula is C20H30O2. The molecule has 0 heterocycles. The average molecular weight is 302 g/mol. The van der Waals surface area contributed by atoms with Gasteiger partial charge in [0, 0.05) is 0 Å². The van der Waals surface area contributed by atoms with Gasteiger partial charge in [0.25, 0.3) is 0 Å². The molecule has 0 fully saturated rings. The zero-order chi connectivity index (χ0) is 16.8. The van der Waals surface area contributed by atoms with Crippen molar-refractivity contribution in [2.75, 3.05) is 6.61 Å². The minimum atomic E-state index is -0.215. The highest BCUT2D eigenvalue weighted by molar-refractivity contribution is 5.37. The Bertz CT molecular complexity index is 528. The van der Waals surface area contributed by atoms with Crippen LogP contribution in [0, 0.1) is 5.41 Å². The van der Waals surface area contributed by atoms with Crippen LogP contribution in [-0.4, -0.2) is 22.9 Å². The van der Waals surface area contributed by atoms with Crippen LogP contribution in [0.3, 0.4) is 0 Å². The summed E-state index contributed by atoms with van der Waals surface area (Å²) in [4.78, 5) is 0. The van der Waals surface area contributed by atoms with Crippen molar-refractivity contribution in [2.24, 2.45) is 5.41 Å². The van der Waals surface area contributed by atoms with Crippen LogP contribution in [0.25, 0.3) is 0 Å². The molecule has 0 amide bonds. The second-order valence-corrected chi connectivity index (χ2v) is 6.87. The van der Waals surface area contributed by atoms with Gasteiger partial charge in [-0.05, 0) is 44.6 Å². The maximum atomic E-state index is 9.92. The lowest BCUT2D eigenvalue weighted by molar-refractivity contribution is 0.116. The molecule has 1 rings (SSSR count). The summed E-state index contributed by atoms with van der Waals surface area (Å²) in [6.07, 6.45) is 13.5. The molecule has 2 heteroatoms.